The molecular weight excluding hydrogens is 312 g/mol. The quantitative estimate of drug-likeness (QED) is 0.835. The first-order valence-corrected chi connectivity index (χ1v) is 9.20. The van der Waals surface area contributed by atoms with E-state index in [1.54, 1.807) is 0 Å². The second-order valence-electron chi connectivity index (χ2n) is 6.12. The van der Waals surface area contributed by atoms with E-state index in [1.807, 2.05) is 0 Å². The number of hydrogen-bond donors (Lipinski definition) is 0. The fourth-order valence-corrected chi connectivity index (χ4v) is 4.78. The Labute approximate surface area is 128 Å². The molecule has 2 saturated heterocycles. The number of carbonyl (C=O) groups is 1. The maximum atomic E-state index is 13.8. The molecule has 0 radical (unpaired) electrons. The summed E-state index contributed by atoms with van der Waals surface area (Å²) < 4.78 is 51.1. The molecule has 2 bridgehead atoms. The zero-order valence-electron chi connectivity index (χ0n) is 12.1. The molecule has 1 aromatic carbocycles. The molecule has 120 valence electrons. The molecule has 2 heterocycles. The first-order chi connectivity index (χ1) is 10.3. The highest BCUT2D eigenvalue weighted by molar-refractivity contribution is 7.91. The van der Waals surface area contributed by atoms with Crippen LogP contribution in [-0.4, -0.2) is 42.8 Å². The summed E-state index contributed by atoms with van der Waals surface area (Å²) in [5.41, 5.74) is -0.544. The molecular formula is C15H17F2NO3S. The number of fused-ring (bicyclic) bond motifs is 2. The van der Waals surface area contributed by atoms with Crippen molar-refractivity contribution in [1.29, 1.82) is 0 Å². The fraction of sp³-hybridized carbons (Fsp3) is 0.533. The van der Waals surface area contributed by atoms with E-state index >= 15 is 0 Å². The molecule has 2 atom stereocenters. The van der Waals surface area contributed by atoms with Crippen LogP contribution < -0.4 is 0 Å². The van der Waals surface area contributed by atoms with Crippen molar-refractivity contribution >= 4 is 15.7 Å². The van der Waals surface area contributed by atoms with Gasteiger partial charge in [-0.15, -0.1) is 0 Å². The van der Waals surface area contributed by atoms with Crippen molar-refractivity contribution in [3.8, 4) is 0 Å². The Bertz CT molecular complexity index is 685. The number of benzene rings is 1. The topological polar surface area (TPSA) is 54.5 Å². The zero-order valence-corrected chi connectivity index (χ0v) is 12.9. The van der Waals surface area contributed by atoms with E-state index in [0.717, 1.165) is 12.1 Å². The number of amides is 1. The number of piperidine rings is 1. The van der Waals surface area contributed by atoms with E-state index in [-0.39, 0.29) is 12.1 Å². The average Bonchev–Trinajstić information content (AvgIpc) is 2.67. The molecule has 22 heavy (non-hydrogen) atoms. The third-order valence-electron chi connectivity index (χ3n) is 4.71. The van der Waals surface area contributed by atoms with Gasteiger partial charge in [0.15, 0.2) is 0 Å². The largest absolute Gasteiger partial charge is 0.332 e. The van der Waals surface area contributed by atoms with Gasteiger partial charge >= 0.3 is 0 Å². The van der Waals surface area contributed by atoms with Gasteiger partial charge in [0.25, 0.3) is 5.91 Å². The van der Waals surface area contributed by atoms with Crippen LogP contribution in [-0.2, 0) is 9.84 Å². The van der Waals surface area contributed by atoms with Crippen molar-refractivity contribution in [2.75, 3.05) is 6.26 Å². The van der Waals surface area contributed by atoms with Gasteiger partial charge in [-0.05, 0) is 37.8 Å². The summed E-state index contributed by atoms with van der Waals surface area (Å²) in [6.07, 6.45) is 3.25. The minimum atomic E-state index is -3.17. The summed E-state index contributed by atoms with van der Waals surface area (Å²) in [5.74, 6) is -2.43. The molecule has 0 N–H and O–H groups in total. The van der Waals surface area contributed by atoms with E-state index in [4.69, 9.17) is 0 Å². The van der Waals surface area contributed by atoms with Crippen LogP contribution in [0.15, 0.2) is 18.2 Å². The minimum absolute atomic E-state index is 0.259. The molecule has 0 aromatic heterocycles. The van der Waals surface area contributed by atoms with Gasteiger partial charge in [0.2, 0.25) is 0 Å². The van der Waals surface area contributed by atoms with Crippen molar-refractivity contribution in [2.24, 2.45) is 0 Å². The van der Waals surface area contributed by atoms with Crippen molar-refractivity contribution in [3.05, 3.63) is 35.4 Å². The van der Waals surface area contributed by atoms with Crippen LogP contribution in [0.1, 0.15) is 36.0 Å². The van der Waals surface area contributed by atoms with E-state index in [2.05, 4.69) is 0 Å². The normalized spacial score (nSPS) is 28.0. The number of nitrogens with zero attached hydrogens (tertiary/aromatic N) is 1. The van der Waals surface area contributed by atoms with Gasteiger partial charge in [0.05, 0.1) is 5.25 Å². The van der Waals surface area contributed by atoms with Crippen LogP contribution in [0.5, 0.6) is 0 Å². The highest BCUT2D eigenvalue weighted by Gasteiger charge is 2.46. The number of carbonyl (C=O) groups excluding carboxylic acids is 1. The molecule has 3 rings (SSSR count). The summed E-state index contributed by atoms with van der Waals surface area (Å²) in [7, 11) is -3.17. The van der Waals surface area contributed by atoms with Crippen molar-refractivity contribution in [2.45, 2.75) is 43.0 Å². The lowest BCUT2D eigenvalue weighted by Gasteiger charge is -2.38. The number of halogens is 2. The molecule has 0 spiro atoms. The molecule has 0 saturated carbocycles. The van der Waals surface area contributed by atoms with Crippen molar-refractivity contribution < 1.29 is 22.0 Å². The Kier molecular flexibility index (Phi) is 3.71. The Morgan fingerprint density at radius 1 is 1.14 bits per heavy atom. The molecule has 7 heteroatoms. The maximum absolute atomic E-state index is 13.8. The monoisotopic (exact) mass is 329 g/mol. The van der Waals surface area contributed by atoms with Crippen LogP contribution in [0, 0.1) is 11.6 Å². The summed E-state index contributed by atoms with van der Waals surface area (Å²) in [6, 6.07) is 2.81. The van der Waals surface area contributed by atoms with E-state index in [9.17, 15) is 22.0 Å². The molecule has 2 aliphatic heterocycles. The Morgan fingerprint density at radius 3 is 2.09 bits per heavy atom. The van der Waals surface area contributed by atoms with Crippen molar-refractivity contribution in [3.63, 3.8) is 0 Å². The van der Waals surface area contributed by atoms with E-state index in [0.29, 0.717) is 25.7 Å². The van der Waals surface area contributed by atoms with Crippen LogP contribution in [0.3, 0.4) is 0 Å². The lowest BCUT2D eigenvalue weighted by atomic mass is 10.0. The molecule has 1 amide bonds. The van der Waals surface area contributed by atoms with Gasteiger partial charge in [-0.3, -0.25) is 4.79 Å². The van der Waals surface area contributed by atoms with Crippen LogP contribution in [0.25, 0.3) is 0 Å². The predicted octanol–water partition coefficient (Wildman–Crippen LogP) is 2.15. The summed E-state index contributed by atoms with van der Waals surface area (Å²) in [4.78, 5) is 14.0. The highest BCUT2D eigenvalue weighted by atomic mass is 32.2. The van der Waals surface area contributed by atoms with E-state index < -0.39 is 38.2 Å². The number of sulfone groups is 1. The average molecular weight is 329 g/mol. The van der Waals surface area contributed by atoms with Gasteiger partial charge in [-0.1, -0.05) is 6.07 Å². The molecule has 2 aliphatic rings. The second-order valence-corrected chi connectivity index (χ2v) is 8.44. The zero-order chi connectivity index (χ0) is 16.1. The highest BCUT2D eigenvalue weighted by Crippen LogP contribution is 2.39. The van der Waals surface area contributed by atoms with Gasteiger partial charge < -0.3 is 4.90 Å². The van der Waals surface area contributed by atoms with Gasteiger partial charge in [-0.2, -0.15) is 0 Å². The molecule has 1 aromatic rings. The van der Waals surface area contributed by atoms with Gasteiger partial charge in [-0.25, -0.2) is 17.2 Å². The number of hydrogen-bond acceptors (Lipinski definition) is 3. The molecule has 0 aliphatic carbocycles. The molecule has 2 fully saturated rings. The first-order valence-electron chi connectivity index (χ1n) is 7.24. The third kappa shape index (κ3) is 2.51. The summed E-state index contributed by atoms with van der Waals surface area (Å²) >= 11 is 0. The Morgan fingerprint density at radius 2 is 1.64 bits per heavy atom. The molecule has 4 nitrogen and oxygen atoms in total. The minimum Gasteiger partial charge on any atom is -0.332 e. The van der Waals surface area contributed by atoms with Crippen molar-refractivity contribution in [1.82, 2.24) is 4.90 Å². The van der Waals surface area contributed by atoms with Gasteiger partial charge in [0.1, 0.15) is 27.0 Å². The second kappa shape index (κ2) is 5.30. The number of rotatable bonds is 2. The molecule has 2 unspecified atom stereocenters. The Hall–Kier alpha value is -1.50. The lowest BCUT2D eigenvalue weighted by Crippen LogP contribution is -2.50. The predicted molar refractivity (Wildman–Crippen MR) is 77.2 cm³/mol. The lowest BCUT2D eigenvalue weighted by molar-refractivity contribution is 0.0588. The first kappa shape index (κ1) is 15.4. The standard InChI is InChI=1S/C15H17F2NO3S/c1-22(20,21)11-7-9-5-6-10(8-11)18(9)15(19)14-12(16)3-2-4-13(14)17/h2-4,9-11H,5-8H2,1H3. The van der Waals surface area contributed by atoms with Crippen LogP contribution in [0.2, 0.25) is 0 Å². The Balaban J connectivity index is 1.90. The third-order valence-corrected chi connectivity index (χ3v) is 6.30. The summed E-state index contributed by atoms with van der Waals surface area (Å²) in [5, 5.41) is -0.473. The fourth-order valence-electron chi connectivity index (χ4n) is 3.64. The van der Waals surface area contributed by atoms with Crippen LogP contribution in [0.4, 0.5) is 8.78 Å². The maximum Gasteiger partial charge on any atom is 0.260 e. The summed E-state index contributed by atoms with van der Waals surface area (Å²) in [6.45, 7) is 0. The van der Waals surface area contributed by atoms with Crippen LogP contribution >= 0.6 is 0 Å². The van der Waals surface area contributed by atoms with E-state index in [1.165, 1.54) is 17.2 Å². The van der Waals surface area contributed by atoms with Gasteiger partial charge in [0, 0.05) is 18.3 Å². The smallest absolute Gasteiger partial charge is 0.260 e. The SMILES string of the molecule is CS(=O)(=O)C1CC2CCC(C1)N2C(=O)c1c(F)cccc1F.